The summed E-state index contributed by atoms with van der Waals surface area (Å²) >= 11 is 1.55. The number of nitrogens with zero attached hydrogens (tertiary/aromatic N) is 4. The lowest BCUT2D eigenvalue weighted by Gasteiger charge is -2.07. The Morgan fingerprint density at radius 1 is 1.38 bits per heavy atom. The van der Waals surface area contributed by atoms with E-state index in [1.165, 1.54) is 47.0 Å². The molecule has 1 N–H and O–H groups in total. The number of thiophene rings is 1. The molecule has 0 aliphatic heterocycles. The molecule has 0 spiro atoms. The highest BCUT2D eigenvalue weighted by atomic mass is 32.1. The Labute approximate surface area is 169 Å². The summed E-state index contributed by atoms with van der Waals surface area (Å²) in [7, 11) is 0. The van der Waals surface area contributed by atoms with Gasteiger partial charge in [0.15, 0.2) is 0 Å². The molecule has 0 saturated heterocycles. The minimum Gasteiger partial charge on any atom is -0.325 e. The van der Waals surface area contributed by atoms with Gasteiger partial charge in [-0.2, -0.15) is 5.26 Å². The maximum Gasteiger partial charge on any atom is 0.269 e. The second kappa shape index (κ2) is 8.62. The zero-order chi connectivity index (χ0) is 21.0. The molecule has 0 radical (unpaired) electrons. The fraction of sp³-hybridized carbons (Fsp3) is 0.263. The number of carbonyl (C=O) groups excluding carboxylic acids is 1. The molecule has 1 amide bonds. The first-order chi connectivity index (χ1) is 13.9. The molecule has 9 nitrogen and oxygen atoms in total. The SMILES string of the molecule is CC#N.O=C(Cn1cnc2sc3c(c2c1=O)CCC3)Nc1ccc([N+](=O)[O-])cc1. The molecule has 1 aliphatic carbocycles. The summed E-state index contributed by atoms with van der Waals surface area (Å²) in [6.07, 6.45) is 4.31. The van der Waals surface area contributed by atoms with Gasteiger partial charge in [-0.3, -0.25) is 24.3 Å². The Morgan fingerprint density at radius 2 is 2.07 bits per heavy atom. The summed E-state index contributed by atoms with van der Waals surface area (Å²) in [5.41, 5.74) is 1.25. The van der Waals surface area contributed by atoms with E-state index >= 15 is 0 Å². The topological polar surface area (TPSA) is 131 Å². The molecule has 3 aromatic rings. The molecule has 0 fully saturated rings. The molecule has 0 atom stereocenters. The maximum absolute atomic E-state index is 12.7. The minimum atomic E-state index is -0.509. The molecule has 148 valence electrons. The number of carbonyl (C=O) groups is 1. The van der Waals surface area contributed by atoms with Crippen molar-refractivity contribution in [3.05, 3.63) is 61.5 Å². The van der Waals surface area contributed by atoms with Crippen molar-refractivity contribution < 1.29 is 9.72 Å². The lowest BCUT2D eigenvalue weighted by molar-refractivity contribution is -0.384. The van der Waals surface area contributed by atoms with E-state index < -0.39 is 10.8 Å². The van der Waals surface area contributed by atoms with Crippen LogP contribution in [-0.2, 0) is 24.2 Å². The van der Waals surface area contributed by atoms with E-state index in [0.29, 0.717) is 11.1 Å². The van der Waals surface area contributed by atoms with Gasteiger partial charge in [0.1, 0.15) is 11.4 Å². The van der Waals surface area contributed by atoms with Crippen LogP contribution < -0.4 is 10.9 Å². The van der Waals surface area contributed by atoms with Crippen LogP contribution in [0.15, 0.2) is 35.4 Å². The van der Waals surface area contributed by atoms with Crippen molar-refractivity contribution in [2.24, 2.45) is 0 Å². The van der Waals surface area contributed by atoms with E-state index in [0.717, 1.165) is 29.7 Å². The molecule has 10 heteroatoms. The van der Waals surface area contributed by atoms with Gasteiger partial charge in [-0.25, -0.2) is 4.98 Å². The molecule has 0 saturated carbocycles. The van der Waals surface area contributed by atoms with Gasteiger partial charge in [0.25, 0.3) is 11.2 Å². The first-order valence-corrected chi connectivity index (χ1v) is 9.61. The fourth-order valence-electron chi connectivity index (χ4n) is 3.15. The molecular formula is C19H17N5O4S. The van der Waals surface area contributed by atoms with Gasteiger partial charge in [0, 0.05) is 29.6 Å². The number of amides is 1. The van der Waals surface area contributed by atoms with Crippen LogP contribution in [-0.4, -0.2) is 20.4 Å². The molecule has 4 rings (SSSR count). The van der Waals surface area contributed by atoms with Crippen LogP contribution in [0.5, 0.6) is 0 Å². The van der Waals surface area contributed by atoms with Crippen molar-refractivity contribution in [3.63, 3.8) is 0 Å². The number of anilines is 1. The number of nitro groups is 1. The van der Waals surface area contributed by atoms with Crippen molar-refractivity contribution in [1.29, 1.82) is 5.26 Å². The third-order valence-corrected chi connectivity index (χ3v) is 5.57. The standard InChI is InChI=1S/C17H14N4O4S.C2H3N/c22-14(19-10-4-6-11(7-5-10)21(24)25)8-20-9-18-16-15(17(20)23)12-2-1-3-13(12)26-16;1-2-3/h4-7,9H,1-3,8H2,(H,19,22);1H3. The van der Waals surface area contributed by atoms with Gasteiger partial charge in [-0.15, -0.1) is 11.3 Å². The van der Waals surface area contributed by atoms with Crippen molar-refractivity contribution in [3.8, 4) is 6.07 Å². The van der Waals surface area contributed by atoms with Crippen LogP contribution in [0, 0.1) is 21.4 Å². The number of benzene rings is 1. The highest BCUT2D eigenvalue weighted by Gasteiger charge is 2.21. The Morgan fingerprint density at radius 3 is 2.72 bits per heavy atom. The summed E-state index contributed by atoms with van der Waals surface area (Å²) in [5, 5.41) is 21.2. The van der Waals surface area contributed by atoms with Crippen LogP contribution in [0.3, 0.4) is 0 Å². The van der Waals surface area contributed by atoms with E-state index in [1.807, 2.05) is 0 Å². The number of aromatic nitrogens is 2. The van der Waals surface area contributed by atoms with Gasteiger partial charge in [-0.05, 0) is 37.0 Å². The largest absolute Gasteiger partial charge is 0.325 e. The van der Waals surface area contributed by atoms with Gasteiger partial charge >= 0.3 is 0 Å². The highest BCUT2D eigenvalue weighted by molar-refractivity contribution is 7.18. The molecule has 1 aliphatic rings. The Balaban J connectivity index is 0.000000755. The first-order valence-electron chi connectivity index (χ1n) is 8.79. The van der Waals surface area contributed by atoms with E-state index in [1.54, 1.807) is 17.4 Å². The third-order valence-electron chi connectivity index (χ3n) is 4.37. The van der Waals surface area contributed by atoms with E-state index in [4.69, 9.17) is 5.26 Å². The quantitative estimate of drug-likeness (QED) is 0.518. The number of nitriles is 1. The van der Waals surface area contributed by atoms with E-state index in [-0.39, 0.29) is 17.8 Å². The lowest BCUT2D eigenvalue weighted by Crippen LogP contribution is -2.28. The lowest BCUT2D eigenvalue weighted by atomic mass is 10.2. The van der Waals surface area contributed by atoms with Crippen LogP contribution in [0.2, 0.25) is 0 Å². The molecule has 29 heavy (non-hydrogen) atoms. The van der Waals surface area contributed by atoms with Gasteiger partial charge in [0.05, 0.1) is 22.7 Å². The highest BCUT2D eigenvalue weighted by Crippen LogP contribution is 2.34. The number of nitrogens with one attached hydrogen (secondary N) is 1. The minimum absolute atomic E-state index is 0.0554. The smallest absolute Gasteiger partial charge is 0.269 e. The van der Waals surface area contributed by atoms with Crippen LogP contribution in [0.1, 0.15) is 23.8 Å². The van der Waals surface area contributed by atoms with E-state index in [9.17, 15) is 19.7 Å². The molecular weight excluding hydrogens is 394 g/mol. The second-order valence-corrected chi connectivity index (χ2v) is 7.37. The number of aryl methyl sites for hydroxylation is 2. The Bertz CT molecular complexity index is 1170. The number of nitro benzene ring substituents is 1. The molecule has 0 unspecified atom stereocenters. The summed E-state index contributed by atoms with van der Waals surface area (Å²) in [6.45, 7) is 1.27. The van der Waals surface area contributed by atoms with Crippen LogP contribution in [0.25, 0.3) is 10.2 Å². The zero-order valence-electron chi connectivity index (χ0n) is 15.5. The average molecular weight is 411 g/mol. The number of hydrogen-bond acceptors (Lipinski definition) is 7. The average Bonchev–Trinajstić information content (AvgIpc) is 3.26. The summed E-state index contributed by atoms with van der Waals surface area (Å²) < 4.78 is 1.30. The Kier molecular flexibility index (Phi) is 5.99. The molecule has 0 bridgehead atoms. The summed E-state index contributed by atoms with van der Waals surface area (Å²) in [5.74, 6) is -0.394. The van der Waals surface area contributed by atoms with Crippen LogP contribution >= 0.6 is 11.3 Å². The number of non-ortho nitro benzene ring substituents is 1. The van der Waals surface area contributed by atoms with Gasteiger partial charge in [0.2, 0.25) is 5.91 Å². The zero-order valence-corrected chi connectivity index (χ0v) is 16.4. The normalized spacial score (nSPS) is 11.9. The molecule has 2 aromatic heterocycles. The monoisotopic (exact) mass is 411 g/mol. The number of fused-ring (bicyclic) bond motifs is 3. The van der Waals surface area contributed by atoms with Crippen molar-refractivity contribution >= 4 is 38.8 Å². The second-order valence-electron chi connectivity index (χ2n) is 6.29. The maximum atomic E-state index is 12.7. The molecule has 2 heterocycles. The first kappa shape index (κ1) is 20.2. The van der Waals surface area contributed by atoms with Crippen molar-refractivity contribution in [2.45, 2.75) is 32.7 Å². The third kappa shape index (κ3) is 4.30. The summed E-state index contributed by atoms with van der Waals surface area (Å²) in [6, 6.07) is 7.27. The Hall–Kier alpha value is -3.58. The number of rotatable bonds is 4. The summed E-state index contributed by atoms with van der Waals surface area (Å²) in [4.78, 5) is 41.4. The number of hydrogen-bond donors (Lipinski definition) is 1. The fourth-order valence-corrected chi connectivity index (χ4v) is 4.37. The van der Waals surface area contributed by atoms with Crippen molar-refractivity contribution in [1.82, 2.24) is 9.55 Å². The molecule has 1 aromatic carbocycles. The van der Waals surface area contributed by atoms with E-state index in [2.05, 4.69) is 10.3 Å². The van der Waals surface area contributed by atoms with Gasteiger partial charge in [-0.1, -0.05) is 0 Å². The van der Waals surface area contributed by atoms with Crippen molar-refractivity contribution in [2.75, 3.05) is 5.32 Å². The predicted octanol–water partition coefficient (Wildman–Crippen LogP) is 3.02. The van der Waals surface area contributed by atoms with Gasteiger partial charge < -0.3 is 5.32 Å². The van der Waals surface area contributed by atoms with Crippen LogP contribution in [0.4, 0.5) is 11.4 Å². The predicted molar refractivity (Wildman–Crippen MR) is 109 cm³/mol.